The number of amides is 1. The van der Waals surface area contributed by atoms with Gasteiger partial charge in [0.1, 0.15) is 4.90 Å². The fraction of sp³-hybridized carbons (Fsp3) is 0.611. The lowest BCUT2D eigenvalue weighted by atomic mass is 10.2. The summed E-state index contributed by atoms with van der Waals surface area (Å²) in [6.07, 6.45) is 0.665. The van der Waals surface area contributed by atoms with Crippen LogP contribution in [0.4, 0.5) is 5.69 Å². The zero-order chi connectivity index (χ0) is 19.6. The monoisotopic (exact) mass is 458 g/mol. The maximum Gasteiger partial charge on any atom is 0.242 e. The van der Waals surface area contributed by atoms with Crippen molar-refractivity contribution in [3.63, 3.8) is 0 Å². The lowest BCUT2D eigenvalue weighted by Crippen LogP contribution is -2.48. The van der Waals surface area contributed by atoms with Crippen molar-refractivity contribution in [2.75, 3.05) is 57.3 Å². The summed E-state index contributed by atoms with van der Waals surface area (Å²) >= 11 is 3.40. The van der Waals surface area contributed by atoms with Crippen LogP contribution >= 0.6 is 15.9 Å². The lowest BCUT2D eigenvalue weighted by molar-refractivity contribution is -0.116. The molecule has 0 radical (unpaired) electrons. The van der Waals surface area contributed by atoms with Crippen molar-refractivity contribution in [3.05, 3.63) is 22.2 Å². The summed E-state index contributed by atoms with van der Waals surface area (Å²) in [4.78, 5) is 18.3. The van der Waals surface area contributed by atoms with Crippen LogP contribution in [0.25, 0.3) is 0 Å². The molecule has 7 nitrogen and oxygen atoms in total. The number of nitrogens with one attached hydrogen (secondary N) is 1. The highest BCUT2D eigenvalue weighted by atomic mass is 79.9. The molecule has 2 heterocycles. The molecule has 0 bridgehead atoms. The first-order valence-corrected chi connectivity index (χ1v) is 11.6. The fourth-order valence-corrected chi connectivity index (χ4v) is 5.68. The van der Waals surface area contributed by atoms with E-state index in [1.165, 1.54) is 6.92 Å². The molecule has 2 aliphatic heterocycles. The summed E-state index contributed by atoms with van der Waals surface area (Å²) in [7, 11) is -3.70. The summed E-state index contributed by atoms with van der Waals surface area (Å²) in [5.41, 5.74) is 1.41. The van der Waals surface area contributed by atoms with Crippen LogP contribution in [0.5, 0.6) is 0 Å². The number of hydrogen-bond acceptors (Lipinski definition) is 5. The van der Waals surface area contributed by atoms with E-state index >= 15 is 0 Å². The van der Waals surface area contributed by atoms with Crippen LogP contribution in [0.1, 0.15) is 19.4 Å². The maximum atomic E-state index is 13.0. The standard InChI is InChI=1S/C18H27BrN4O3S/c1-3-21-8-10-22(11-9-21)7-5-20-27(25,26)17-13-16(19)12-15-4-6-23(14(2)24)18(15)17/h12-13,20H,3-11H2,1-2H3. The third-order valence-corrected chi connectivity index (χ3v) is 7.23. The number of rotatable bonds is 6. The van der Waals surface area contributed by atoms with Crippen LogP contribution in [0, 0.1) is 0 Å². The van der Waals surface area contributed by atoms with E-state index in [2.05, 4.69) is 37.4 Å². The second-order valence-electron chi connectivity index (χ2n) is 7.01. The van der Waals surface area contributed by atoms with Gasteiger partial charge in [0.25, 0.3) is 0 Å². The van der Waals surface area contributed by atoms with Crippen molar-refractivity contribution < 1.29 is 13.2 Å². The average molecular weight is 459 g/mol. The number of carbonyl (C=O) groups is 1. The van der Waals surface area contributed by atoms with E-state index in [-0.39, 0.29) is 10.8 Å². The van der Waals surface area contributed by atoms with Gasteiger partial charge in [-0.3, -0.25) is 9.69 Å². The van der Waals surface area contributed by atoms with E-state index in [1.807, 2.05) is 6.07 Å². The number of carbonyl (C=O) groups excluding carboxylic acids is 1. The zero-order valence-corrected chi connectivity index (χ0v) is 18.3. The molecule has 2 aliphatic rings. The molecule has 0 aliphatic carbocycles. The van der Waals surface area contributed by atoms with Gasteiger partial charge in [-0.15, -0.1) is 0 Å². The predicted octanol–water partition coefficient (Wildman–Crippen LogP) is 1.27. The number of nitrogens with zero attached hydrogens (tertiary/aromatic N) is 3. The molecule has 0 unspecified atom stereocenters. The minimum Gasteiger partial charge on any atom is -0.311 e. The summed E-state index contributed by atoms with van der Waals surface area (Å²) in [5.74, 6) is -0.138. The van der Waals surface area contributed by atoms with Gasteiger partial charge in [-0.2, -0.15) is 0 Å². The number of hydrogen-bond donors (Lipinski definition) is 1. The molecule has 1 aromatic carbocycles. The number of anilines is 1. The van der Waals surface area contributed by atoms with Crippen molar-refractivity contribution in [2.24, 2.45) is 0 Å². The Bertz CT molecular complexity index is 807. The molecule has 0 saturated carbocycles. The van der Waals surface area contributed by atoms with Gasteiger partial charge >= 0.3 is 0 Å². The number of halogens is 1. The molecular formula is C18H27BrN4O3S. The first kappa shape index (κ1) is 20.7. The third kappa shape index (κ3) is 4.71. The van der Waals surface area contributed by atoms with E-state index in [0.29, 0.717) is 36.2 Å². The van der Waals surface area contributed by atoms with Gasteiger partial charge in [0.2, 0.25) is 15.9 Å². The van der Waals surface area contributed by atoms with Crippen molar-refractivity contribution >= 4 is 37.5 Å². The van der Waals surface area contributed by atoms with E-state index < -0.39 is 10.0 Å². The first-order chi connectivity index (χ1) is 12.8. The van der Waals surface area contributed by atoms with Crippen LogP contribution in [0.15, 0.2) is 21.5 Å². The van der Waals surface area contributed by atoms with Crippen molar-refractivity contribution in [1.82, 2.24) is 14.5 Å². The van der Waals surface area contributed by atoms with E-state index in [1.54, 1.807) is 11.0 Å². The molecule has 1 saturated heterocycles. The summed E-state index contributed by atoms with van der Waals surface area (Å²) in [6.45, 7) is 10.2. The van der Waals surface area contributed by atoms with Gasteiger partial charge in [-0.25, -0.2) is 13.1 Å². The maximum absolute atomic E-state index is 13.0. The number of piperazine rings is 1. The Kier molecular flexibility index (Phi) is 6.58. The molecule has 0 atom stereocenters. The van der Waals surface area contributed by atoms with Gasteiger partial charge in [0, 0.05) is 57.2 Å². The highest BCUT2D eigenvalue weighted by molar-refractivity contribution is 9.10. The Morgan fingerprint density at radius 2 is 1.81 bits per heavy atom. The second-order valence-corrected chi connectivity index (χ2v) is 9.66. The normalized spacial score (nSPS) is 18.7. The fourth-order valence-electron chi connectivity index (χ4n) is 3.73. The Balaban J connectivity index is 1.70. The number of fused-ring (bicyclic) bond motifs is 1. The zero-order valence-electron chi connectivity index (χ0n) is 15.9. The van der Waals surface area contributed by atoms with Crippen molar-refractivity contribution in [3.8, 4) is 0 Å². The number of sulfonamides is 1. The molecular weight excluding hydrogens is 432 g/mol. The topological polar surface area (TPSA) is 73.0 Å². The van der Waals surface area contributed by atoms with Gasteiger partial charge in [0.15, 0.2) is 0 Å². The summed E-state index contributed by atoms with van der Waals surface area (Å²) in [6, 6.07) is 3.48. The Morgan fingerprint density at radius 1 is 1.15 bits per heavy atom. The molecule has 0 aromatic heterocycles. The molecule has 1 aromatic rings. The molecule has 1 amide bonds. The van der Waals surface area contributed by atoms with Crippen LogP contribution in [0.3, 0.4) is 0 Å². The van der Waals surface area contributed by atoms with E-state index in [4.69, 9.17) is 0 Å². The largest absolute Gasteiger partial charge is 0.311 e. The van der Waals surface area contributed by atoms with Crippen molar-refractivity contribution in [1.29, 1.82) is 0 Å². The lowest BCUT2D eigenvalue weighted by Gasteiger charge is -2.33. The Morgan fingerprint density at radius 3 is 2.44 bits per heavy atom. The van der Waals surface area contributed by atoms with E-state index in [0.717, 1.165) is 38.3 Å². The predicted molar refractivity (Wildman–Crippen MR) is 110 cm³/mol. The number of likely N-dealkylation sites (N-methyl/N-ethyl adjacent to an activating group) is 1. The molecule has 150 valence electrons. The highest BCUT2D eigenvalue weighted by Crippen LogP contribution is 2.37. The van der Waals surface area contributed by atoms with Gasteiger partial charge < -0.3 is 9.80 Å². The summed E-state index contributed by atoms with van der Waals surface area (Å²) < 4.78 is 29.3. The number of benzene rings is 1. The third-order valence-electron chi connectivity index (χ3n) is 5.30. The molecule has 27 heavy (non-hydrogen) atoms. The Hall–Kier alpha value is -1.00. The molecule has 1 N–H and O–H groups in total. The van der Waals surface area contributed by atoms with Crippen LogP contribution in [0.2, 0.25) is 0 Å². The first-order valence-electron chi connectivity index (χ1n) is 9.36. The van der Waals surface area contributed by atoms with Gasteiger partial charge in [-0.05, 0) is 30.7 Å². The van der Waals surface area contributed by atoms with Gasteiger partial charge in [0.05, 0.1) is 5.69 Å². The van der Waals surface area contributed by atoms with Crippen LogP contribution in [-0.4, -0.2) is 76.5 Å². The van der Waals surface area contributed by atoms with Gasteiger partial charge in [-0.1, -0.05) is 22.9 Å². The molecule has 1 fully saturated rings. The SMILES string of the molecule is CCN1CCN(CCNS(=O)(=O)c2cc(Br)cc3c2N(C(C)=O)CC3)CC1. The van der Waals surface area contributed by atoms with Crippen LogP contribution < -0.4 is 9.62 Å². The second kappa shape index (κ2) is 8.57. The average Bonchev–Trinajstić information content (AvgIpc) is 3.05. The highest BCUT2D eigenvalue weighted by Gasteiger charge is 2.31. The summed E-state index contributed by atoms with van der Waals surface area (Å²) in [5, 5.41) is 0. The van der Waals surface area contributed by atoms with Crippen LogP contribution in [-0.2, 0) is 21.2 Å². The molecule has 3 rings (SSSR count). The minimum atomic E-state index is -3.70. The quantitative estimate of drug-likeness (QED) is 0.694. The smallest absolute Gasteiger partial charge is 0.242 e. The van der Waals surface area contributed by atoms with Crippen molar-refractivity contribution in [2.45, 2.75) is 25.2 Å². The Labute approximate surface area is 169 Å². The molecule has 9 heteroatoms. The van der Waals surface area contributed by atoms with E-state index in [9.17, 15) is 13.2 Å². The minimum absolute atomic E-state index is 0.138. The molecule has 0 spiro atoms.